The van der Waals surface area contributed by atoms with Crippen molar-refractivity contribution in [2.24, 2.45) is 5.73 Å². The lowest BCUT2D eigenvalue weighted by Gasteiger charge is -2.19. The van der Waals surface area contributed by atoms with Crippen LogP contribution in [0.1, 0.15) is 12.8 Å². The molecule has 0 heterocycles. The minimum atomic E-state index is -1.44. The van der Waals surface area contributed by atoms with Gasteiger partial charge in [0.15, 0.2) is 0 Å². The van der Waals surface area contributed by atoms with Crippen LogP contribution in [0, 0.1) is 0 Å². The third kappa shape index (κ3) is 10.7. The molecule has 13 heteroatoms. The summed E-state index contributed by atoms with van der Waals surface area (Å²) in [5.41, 5.74) is 5.45. The van der Waals surface area contributed by atoms with E-state index in [0.717, 1.165) is 0 Å². The molecule has 0 aliphatic rings. The molecule has 0 spiro atoms. The van der Waals surface area contributed by atoms with E-state index in [-0.39, 0.29) is 12.2 Å². The number of carbonyl (C=O) groups excluding carboxylic acids is 3. The molecule has 3 atom stereocenters. The van der Waals surface area contributed by atoms with E-state index in [1.54, 1.807) is 6.26 Å². The summed E-state index contributed by atoms with van der Waals surface area (Å²) in [4.78, 5) is 57.6. The number of thiol groups is 1. The molecule has 0 rings (SSSR count). The normalized spacial score (nSPS) is 13.7. The average molecular weight is 425 g/mol. The first-order valence-electron chi connectivity index (χ1n) is 7.79. The molecule has 3 unspecified atom stereocenters. The summed E-state index contributed by atoms with van der Waals surface area (Å²) in [5.74, 6) is -4.49. The van der Waals surface area contributed by atoms with E-state index in [1.807, 2.05) is 0 Å². The Morgan fingerprint density at radius 3 is 2.19 bits per heavy atom. The van der Waals surface area contributed by atoms with Gasteiger partial charge in [-0.1, -0.05) is 0 Å². The van der Waals surface area contributed by atoms with Crippen molar-refractivity contribution in [3.63, 3.8) is 0 Å². The molecule has 0 aromatic heterocycles. The smallest absolute Gasteiger partial charge is 0.326 e. The van der Waals surface area contributed by atoms with Gasteiger partial charge in [-0.25, -0.2) is 4.79 Å². The van der Waals surface area contributed by atoms with Gasteiger partial charge < -0.3 is 31.9 Å². The summed E-state index contributed by atoms with van der Waals surface area (Å²) in [6.07, 6.45) is 1.27. The largest absolute Gasteiger partial charge is 0.481 e. The van der Waals surface area contributed by atoms with Crippen LogP contribution in [-0.4, -0.2) is 82.3 Å². The zero-order chi connectivity index (χ0) is 21.0. The number of aliphatic carboxylic acids is 2. The quantitative estimate of drug-likeness (QED) is 0.159. The fraction of sp³-hybridized carbons (Fsp3) is 0.643. The summed E-state index contributed by atoms with van der Waals surface area (Å²) < 4.78 is 0. The van der Waals surface area contributed by atoms with Gasteiger partial charge in [0, 0.05) is 5.75 Å². The van der Waals surface area contributed by atoms with Crippen molar-refractivity contribution < 1.29 is 34.2 Å². The standard InChI is InChI=1S/C14H24N4O7S2/c1-27-3-2-8(14(24)25)17-10(19)5-16-13(23)9(4-11(20)21)18-12(22)7(15)6-26/h7-9,26H,2-6,15H2,1H3,(H,16,23)(H,17,19)(H,18,22)(H,20,21)(H,24,25). The molecule has 0 radical (unpaired) electrons. The van der Waals surface area contributed by atoms with Crippen molar-refractivity contribution in [3.8, 4) is 0 Å². The van der Waals surface area contributed by atoms with Crippen molar-refractivity contribution in [1.82, 2.24) is 16.0 Å². The molecule has 0 aromatic carbocycles. The fourth-order valence-corrected chi connectivity index (χ4v) is 2.41. The number of hydrogen-bond donors (Lipinski definition) is 7. The molecule has 7 N–H and O–H groups in total. The number of amides is 3. The zero-order valence-electron chi connectivity index (χ0n) is 14.6. The van der Waals surface area contributed by atoms with Gasteiger partial charge in [0.05, 0.1) is 19.0 Å². The highest BCUT2D eigenvalue weighted by atomic mass is 32.2. The van der Waals surface area contributed by atoms with Crippen LogP contribution in [0.2, 0.25) is 0 Å². The van der Waals surface area contributed by atoms with E-state index in [0.29, 0.717) is 5.75 Å². The van der Waals surface area contributed by atoms with Crippen LogP contribution in [0.5, 0.6) is 0 Å². The Morgan fingerprint density at radius 2 is 1.70 bits per heavy atom. The molecule has 27 heavy (non-hydrogen) atoms. The minimum absolute atomic E-state index is 0.0116. The Hall–Kier alpha value is -1.99. The van der Waals surface area contributed by atoms with Crippen molar-refractivity contribution in [2.45, 2.75) is 31.0 Å². The molecule has 0 fully saturated rings. The Balaban J connectivity index is 4.73. The number of carboxylic acid groups (broad SMARTS) is 2. The Bertz CT molecular complexity index is 562. The summed E-state index contributed by atoms with van der Waals surface area (Å²) in [5, 5.41) is 24.5. The molecule has 0 saturated heterocycles. The van der Waals surface area contributed by atoms with E-state index in [1.165, 1.54) is 11.8 Å². The molecule has 0 aliphatic heterocycles. The van der Waals surface area contributed by atoms with Gasteiger partial charge in [-0.15, -0.1) is 0 Å². The molecular weight excluding hydrogens is 400 g/mol. The lowest BCUT2D eigenvalue weighted by molar-refractivity contribution is -0.142. The first-order valence-corrected chi connectivity index (χ1v) is 9.82. The Labute approximate surface area is 165 Å². The number of nitrogens with one attached hydrogen (secondary N) is 3. The minimum Gasteiger partial charge on any atom is -0.481 e. The van der Waals surface area contributed by atoms with Gasteiger partial charge in [-0.05, 0) is 18.4 Å². The lowest BCUT2D eigenvalue weighted by Crippen LogP contribution is -2.54. The molecule has 11 nitrogen and oxygen atoms in total. The molecule has 154 valence electrons. The first kappa shape index (κ1) is 25.0. The lowest BCUT2D eigenvalue weighted by atomic mass is 10.1. The number of carbonyl (C=O) groups is 5. The van der Waals surface area contributed by atoms with Crippen LogP contribution < -0.4 is 21.7 Å². The number of hydrogen-bond acceptors (Lipinski definition) is 8. The number of rotatable bonds is 13. The zero-order valence-corrected chi connectivity index (χ0v) is 16.3. The number of thioether (sulfide) groups is 1. The Kier molecular flexibility index (Phi) is 12.2. The van der Waals surface area contributed by atoms with E-state index >= 15 is 0 Å². The Morgan fingerprint density at radius 1 is 1.07 bits per heavy atom. The second-order valence-corrected chi connectivity index (χ2v) is 6.76. The molecule has 0 aromatic rings. The molecule has 0 aliphatic carbocycles. The van der Waals surface area contributed by atoms with Crippen molar-refractivity contribution in [3.05, 3.63) is 0 Å². The van der Waals surface area contributed by atoms with Gasteiger partial charge in [0.1, 0.15) is 12.1 Å². The van der Waals surface area contributed by atoms with E-state index in [4.69, 9.17) is 15.9 Å². The molecule has 0 bridgehead atoms. The SMILES string of the molecule is CSCCC(NC(=O)CNC(=O)C(CC(=O)O)NC(=O)C(N)CS)C(=O)O. The maximum absolute atomic E-state index is 12.1. The van der Waals surface area contributed by atoms with Gasteiger partial charge in [-0.2, -0.15) is 24.4 Å². The van der Waals surface area contributed by atoms with Crippen LogP contribution in [0.3, 0.4) is 0 Å². The van der Waals surface area contributed by atoms with Crippen LogP contribution in [0.15, 0.2) is 0 Å². The third-order valence-corrected chi connectivity index (χ3v) is 4.25. The van der Waals surface area contributed by atoms with Crippen molar-refractivity contribution >= 4 is 54.1 Å². The number of nitrogens with two attached hydrogens (primary N) is 1. The highest BCUT2D eigenvalue weighted by Crippen LogP contribution is 2.01. The second kappa shape index (κ2) is 13.2. The molecule has 3 amide bonds. The third-order valence-electron chi connectivity index (χ3n) is 3.21. The maximum Gasteiger partial charge on any atom is 0.326 e. The van der Waals surface area contributed by atoms with Crippen LogP contribution in [-0.2, 0) is 24.0 Å². The van der Waals surface area contributed by atoms with Gasteiger partial charge in [0.25, 0.3) is 0 Å². The first-order chi connectivity index (χ1) is 12.6. The second-order valence-electron chi connectivity index (χ2n) is 5.41. The highest BCUT2D eigenvalue weighted by Gasteiger charge is 2.26. The van der Waals surface area contributed by atoms with Crippen molar-refractivity contribution in [1.29, 1.82) is 0 Å². The maximum atomic E-state index is 12.1. The summed E-state index contributed by atoms with van der Waals surface area (Å²) >= 11 is 5.25. The van der Waals surface area contributed by atoms with Gasteiger partial charge >= 0.3 is 11.9 Å². The van der Waals surface area contributed by atoms with Crippen LogP contribution >= 0.6 is 24.4 Å². The van der Waals surface area contributed by atoms with E-state index < -0.39 is 60.8 Å². The summed E-state index contributed by atoms with van der Waals surface area (Å²) in [6.45, 7) is -0.577. The monoisotopic (exact) mass is 424 g/mol. The predicted octanol–water partition coefficient (Wildman–Crippen LogP) is -2.36. The van der Waals surface area contributed by atoms with Gasteiger partial charge in [-0.3, -0.25) is 19.2 Å². The van der Waals surface area contributed by atoms with Crippen molar-refractivity contribution in [2.75, 3.05) is 24.3 Å². The van der Waals surface area contributed by atoms with Crippen LogP contribution in [0.4, 0.5) is 0 Å². The molecular formula is C14H24N4O7S2. The number of carboxylic acids is 2. The van der Waals surface area contributed by atoms with Crippen LogP contribution in [0.25, 0.3) is 0 Å². The van der Waals surface area contributed by atoms with E-state index in [9.17, 15) is 24.0 Å². The predicted molar refractivity (Wildman–Crippen MR) is 102 cm³/mol. The average Bonchev–Trinajstić information content (AvgIpc) is 2.60. The summed E-state index contributed by atoms with van der Waals surface area (Å²) in [7, 11) is 0. The van der Waals surface area contributed by atoms with E-state index in [2.05, 4.69) is 28.6 Å². The topological polar surface area (TPSA) is 188 Å². The molecule has 0 saturated carbocycles. The fourth-order valence-electron chi connectivity index (χ4n) is 1.77. The highest BCUT2D eigenvalue weighted by molar-refractivity contribution is 7.98. The van der Waals surface area contributed by atoms with Gasteiger partial charge in [0.2, 0.25) is 17.7 Å². The summed E-state index contributed by atoms with van der Waals surface area (Å²) in [6, 6.07) is -3.58.